The first-order valence-electron chi connectivity index (χ1n) is 11.3. The molecule has 2 aromatic carbocycles. The maximum absolute atomic E-state index is 13.2. The third-order valence-electron chi connectivity index (χ3n) is 6.04. The number of hydrogen-bond acceptors (Lipinski definition) is 4. The Morgan fingerprint density at radius 2 is 1.65 bits per heavy atom. The van der Waals surface area contributed by atoms with Crippen LogP contribution in [-0.2, 0) is 12.7 Å². The summed E-state index contributed by atoms with van der Waals surface area (Å²) in [7, 11) is 0. The summed E-state index contributed by atoms with van der Waals surface area (Å²) in [5.74, 6) is 0. The van der Waals surface area contributed by atoms with Crippen LogP contribution in [0.3, 0.4) is 0 Å². The third-order valence-corrected chi connectivity index (χ3v) is 6.29. The van der Waals surface area contributed by atoms with Gasteiger partial charge in [0.2, 0.25) is 0 Å². The van der Waals surface area contributed by atoms with Crippen LogP contribution in [0.4, 0.5) is 13.2 Å². The molecule has 0 aliphatic heterocycles. The van der Waals surface area contributed by atoms with Crippen LogP contribution in [0.15, 0.2) is 83.9 Å². The second-order valence-electron chi connectivity index (χ2n) is 8.59. The molecule has 188 valence electrons. The molecule has 0 radical (unpaired) electrons. The van der Waals surface area contributed by atoms with E-state index in [4.69, 9.17) is 11.6 Å². The topological polar surface area (TPSA) is 72.4 Å². The summed E-state index contributed by atoms with van der Waals surface area (Å²) < 4.78 is 41.2. The zero-order valence-electron chi connectivity index (χ0n) is 19.4. The number of halogens is 4. The van der Waals surface area contributed by atoms with Gasteiger partial charge in [-0.2, -0.15) is 13.2 Å². The fraction of sp³-hybridized carbons (Fsp3) is 0.148. The van der Waals surface area contributed by atoms with Gasteiger partial charge >= 0.3 is 11.9 Å². The Labute approximate surface area is 214 Å². The fourth-order valence-electron chi connectivity index (χ4n) is 4.12. The number of aliphatic hydroxyl groups excluding tert-OH is 1. The minimum atomic E-state index is -4.55. The van der Waals surface area contributed by atoms with E-state index in [1.807, 2.05) is 24.3 Å². The molecule has 0 amide bonds. The number of nitrogens with zero attached hydrogens (tertiary/aromatic N) is 4. The molecule has 0 bridgehead atoms. The van der Waals surface area contributed by atoms with Crippen molar-refractivity contribution in [1.29, 1.82) is 0 Å². The minimum absolute atomic E-state index is 0.0532. The number of hydrogen-bond donors (Lipinski definition) is 1. The smallest absolute Gasteiger partial charge is 0.389 e. The molecule has 37 heavy (non-hydrogen) atoms. The minimum Gasteiger partial charge on any atom is -0.389 e. The predicted molar refractivity (Wildman–Crippen MR) is 134 cm³/mol. The molecular weight excluding hydrogens is 505 g/mol. The fourth-order valence-corrected chi connectivity index (χ4v) is 4.25. The Hall–Kier alpha value is -3.95. The molecule has 1 N–H and O–H groups in total. The van der Waals surface area contributed by atoms with E-state index in [2.05, 4.69) is 10.1 Å². The first-order chi connectivity index (χ1) is 17.6. The van der Waals surface area contributed by atoms with Crippen LogP contribution in [0.1, 0.15) is 29.8 Å². The summed E-state index contributed by atoms with van der Waals surface area (Å²) in [5, 5.41) is 15.1. The molecule has 5 rings (SSSR count). The molecule has 3 aromatic heterocycles. The lowest BCUT2D eigenvalue weighted by Crippen LogP contribution is -2.21. The zero-order valence-corrected chi connectivity index (χ0v) is 20.2. The molecule has 10 heteroatoms. The summed E-state index contributed by atoms with van der Waals surface area (Å²) in [5.41, 5.74) is 3.19. The molecule has 0 fully saturated rings. The maximum Gasteiger partial charge on any atom is 0.433 e. The van der Waals surface area contributed by atoms with Crippen molar-refractivity contribution in [2.75, 3.05) is 0 Å². The summed E-state index contributed by atoms with van der Waals surface area (Å²) in [6.07, 6.45) is -2.48. The number of rotatable bonds is 5. The summed E-state index contributed by atoms with van der Waals surface area (Å²) in [6.45, 7) is 1.62. The van der Waals surface area contributed by atoms with Crippen LogP contribution in [0.25, 0.3) is 27.9 Å². The van der Waals surface area contributed by atoms with Crippen LogP contribution >= 0.6 is 11.6 Å². The van der Waals surface area contributed by atoms with Crippen LogP contribution in [0.5, 0.6) is 0 Å². The van der Waals surface area contributed by atoms with E-state index in [-0.39, 0.29) is 6.54 Å². The van der Waals surface area contributed by atoms with Crippen LogP contribution in [0.2, 0.25) is 5.02 Å². The van der Waals surface area contributed by atoms with Crippen molar-refractivity contribution in [3.8, 4) is 22.3 Å². The maximum atomic E-state index is 13.2. The van der Waals surface area contributed by atoms with Gasteiger partial charge in [0.05, 0.1) is 12.6 Å². The van der Waals surface area contributed by atoms with E-state index in [0.29, 0.717) is 21.8 Å². The number of alkyl halides is 3. The van der Waals surface area contributed by atoms with E-state index in [0.717, 1.165) is 34.5 Å². The van der Waals surface area contributed by atoms with Crippen LogP contribution in [0, 0.1) is 0 Å². The monoisotopic (exact) mass is 524 g/mol. The van der Waals surface area contributed by atoms with Gasteiger partial charge in [-0.15, -0.1) is 5.10 Å². The highest BCUT2D eigenvalue weighted by Gasteiger charge is 2.32. The van der Waals surface area contributed by atoms with Gasteiger partial charge in [-0.05, 0) is 59.0 Å². The molecule has 0 saturated carbocycles. The lowest BCUT2D eigenvalue weighted by molar-refractivity contribution is -0.141. The second-order valence-corrected chi connectivity index (χ2v) is 9.03. The molecule has 1 atom stereocenters. The van der Waals surface area contributed by atoms with Gasteiger partial charge in [-0.25, -0.2) is 13.9 Å². The number of aromatic nitrogens is 4. The molecular formula is C27H20ClF3N4O2. The van der Waals surface area contributed by atoms with Gasteiger partial charge in [-0.1, -0.05) is 54.1 Å². The van der Waals surface area contributed by atoms with E-state index < -0.39 is 23.7 Å². The summed E-state index contributed by atoms with van der Waals surface area (Å²) in [6, 6.07) is 18.5. The van der Waals surface area contributed by atoms with Gasteiger partial charge in [0, 0.05) is 23.0 Å². The molecule has 6 nitrogen and oxygen atoms in total. The molecule has 0 saturated heterocycles. The second kappa shape index (κ2) is 9.49. The third kappa shape index (κ3) is 4.87. The van der Waals surface area contributed by atoms with Crippen molar-refractivity contribution in [2.24, 2.45) is 0 Å². The average Bonchev–Trinajstić information content (AvgIpc) is 3.19. The summed E-state index contributed by atoms with van der Waals surface area (Å²) in [4.78, 5) is 16.7. The molecule has 0 aliphatic carbocycles. The van der Waals surface area contributed by atoms with Crippen molar-refractivity contribution in [3.05, 3.63) is 111 Å². The lowest BCUT2D eigenvalue weighted by Gasteiger charge is -2.13. The molecule has 3 heterocycles. The Bertz CT molecular complexity index is 1620. The number of fused-ring (bicyclic) bond motifs is 1. The van der Waals surface area contributed by atoms with Gasteiger partial charge in [0.15, 0.2) is 5.65 Å². The standard InChI is InChI=1S/C27H20ClF3N4O2/c1-16(36)18-3-5-20(6-4-18)24-22(19-7-9-21(28)10-8-19)12-13-34-25(24)33-35(26(34)37)15-17-2-11-23(32-14-17)27(29,30)31/h2-14,16,36H,15H2,1H3. The SMILES string of the molecule is CC(O)c1ccc(-c2c(-c3ccc(Cl)cc3)ccn3c(=O)n(Cc4ccc(C(F)(F)F)nc4)nc23)cc1. The molecule has 0 aliphatic rings. The van der Waals surface area contributed by atoms with E-state index in [1.54, 1.807) is 43.5 Å². The van der Waals surface area contributed by atoms with Crippen molar-refractivity contribution in [2.45, 2.75) is 25.7 Å². The average molecular weight is 525 g/mol. The Morgan fingerprint density at radius 3 is 2.24 bits per heavy atom. The normalized spacial score (nSPS) is 12.7. The summed E-state index contributed by atoms with van der Waals surface area (Å²) >= 11 is 6.08. The molecule has 5 aromatic rings. The van der Waals surface area contributed by atoms with Gasteiger partial charge < -0.3 is 5.11 Å². The first-order valence-corrected chi connectivity index (χ1v) is 11.7. The number of pyridine rings is 2. The van der Waals surface area contributed by atoms with Gasteiger partial charge in [-0.3, -0.25) is 4.98 Å². The Balaban J connectivity index is 1.65. The molecule has 1 unspecified atom stereocenters. The largest absolute Gasteiger partial charge is 0.433 e. The first kappa shape index (κ1) is 24.7. The highest BCUT2D eigenvalue weighted by molar-refractivity contribution is 6.30. The zero-order chi connectivity index (χ0) is 26.3. The van der Waals surface area contributed by atoms with Crippen molar-refractivity contribution >= 4 is 17.2 Å². The predicted octanol–water partition coefficient (Wildman–Crippen LogP) is 6.00. The van der Waals surface area contributed by atoms with Gasteiger partial charge in [0.1, 0.15) is 5.69 Å². The quantitative estimate of drug-likeness (QED) is 0.306. The van der Waals surface area contributed by atoms with Crippen molar-refractivity contribution < 1.29 is 18.3 Å². The number of benzene rings is 2. The Kier molecular flexibility index (Phi) is 6.35. The highest BCUT2D eigenvalue weighted by Crippen LogP contribution is 2.35. The Morgan fingerprint density at radius 1 is 0.973 bits per heavy atom. The highest BCUT2D eigenvalue weighted by atomic mass is 35.5. The van der Waals surface area contributed by atoms with E-state index in [1.165, 1.54) is 15.1 Å². The van der Waals surface area contributed by atoms with Crippen molar-refractivity contribution in [3.63, 3.8) is 0 Å². The van der Waals surface area contributed by atoms with Crippen LogP contribution in [-0.4, -0.2) is 24.3 Å². The van der Waals surface area contributed by atoms with E-state index >= 15 is 0 Å². The van der Waals surface area contributed by atoms with Crippen molar-refractivity contribution in [1.82, 2.24) is 19.2 Å². The number of aliphatic hydroxyl groups is 1. The van der Waals surface area contributed by atoms with Crippen LogP contribution < -0.4 is 5.69 Å². The molecule has 0 spiro atoms. The van der Waals surface area contributed by atoms with E-state index in [9.17, 15) is 23.1 Å². The lowest BCUT2D eigenvalue weighted by atomic mass is 9.95. The van der Waals surface area contributed by atoms with Gasteiger partial charge in [0.25, 0.3) is 0 Å².